The number of aliphatic hydroxyl groups excluding tert-OH is 1. The number of piperidine rings is 1. The molecule has 2 N–H and O–H groups in total. The van der Waals surface area contributed by atoms with Gasteiger partial charge in [0.25, 0.3) is 0 Å². The van der Waals surface area contributed by atoms with E-state index in [9.17, 15) is 14.7 Å². The van der Waals surface area contributed by atoms with Crippen LogP contribution < -0.4 is 5.32 Å². The number of hydrogen-bond donors (Lipinski definition) is 2. The summed E-state index contributed by atoms with van der Waals surface area (Å²) in [5.74, 6) is 0.0938. The Kier molecular flexibility index (Phi) is 4.39. The van der Waals surface area contributed by atoms with Crippen molar-refractivity contribution >= 4 is 17.5 Å². The number of benzene rings is 1. The predicted molar refractivity (Wildman–Crippen MR) is 76.8 cm³/mol. The van der Waals surface area contributed by atoms with Gasteiger partial charge in [-0.15, -0.1) is 0 Å². The van der Waals surface area contributed by atoms with Crippen molar-refractivity contribution in [2.45, 2.75) is 26.4 Å². The minimum Gasteiger partial charge on any atom is -0.393 e. The molecular formula is C15H20N2O3. The van der Waals surface area contributed by atoms with Crippen molar-refractivity contribution in [2.24, 2.45) is 5.92 Å². The van der Waals surface area contributed by atoms with Crippen LogP contribution >= 0.6 is 0 Å². The monoisotopic (exact) mass is 276 g/mol. The van der Waals surface area contributed by atoms with E-state index < -0.39 is 0 Å². The number of Topliss-reactive ketones (excluding diaryl/α,β-unsaturated/α-hetero) is 1. The van der Waals surface area contributed by atoms with Crippen LogP contribution in [0.25, 0.3) is 0 Å². The summed E-state index contributed by atoms with van der Waals surface area (Å²) < 4.78 is 0. The molecule has 2 unspecified atom stereocenters. The second kappa shape index (κ2) is 6.05. The smallest absolute Gasteiger partial charge is 0.321 e. The Labute approximate surface area is 118 Å². The largest absolute Gasteiger partial charge is 0.393 e. The first-order chi connectivity index (χ1) is 9.47. The molecule has 2 rings (SSSR count). The van der Waals surface area contributed by atoms with Gasteiger partial charge in [-0.05, 0) is 43.5 Å². The van der Waals surface area contributed by atoms with E-state index in [0.717, 1.165) is 0 Å². The summed E-state index contributed by atoms with van der Waals surface area (Å²) in [5.41, 5.74) is 1.29. The first kappa shape index (κ1) is 14.5. The number of rotatable bonds is 2. The third-order valence-corrected chi connectivity index (χ3v) is 3.69. The lowest BCUT2D eigenvalue weighted by Crippen LogP contribution is -2.46. The lowest BCUT2D eigenvalue weighted by molar-refractivity contribution is 0.0506. The van der Waals surface area contributed by atoms with Gasteiger partial charge in [0.15, 0.2) is 5.78 Å². The van der Waals surface area contributed by atoms with Crippen LogP contribution in [0.3, 0.4) is 0 Å². The van der Waals surface area contributed by atoms with Gasteiger partial charge in [-0.1, -0.05) is 6.92 Å². The zero-order valence-electron chi connectivity index (χ0n) is 11.8. The van der Waals surface area contributed by atoms with E-state index in [1.165, 1.54) is 6.92 Å². The van der Waals surface area contributed by atoms with Gasteiger partial charge in [-0.2, -0.15) is 0 Å². The van der Waals surface area contributed by atoms with Crippen LogP contribution in [-0.4, -0.2) is 41.0 Å². The molecule has 1 heterocycles. The van der Waals surface area contributed by atoms with E-state index >= 15 is 0 Å². The van der Waals surface area contributed by atoms with E-state index in [1.807, 2.05) is 6.92 Å². The normalized spacial score (nSPS) is 22.4. The second-order valence-corrected chi connectivity index (χ2v) is 5.34. The Balaban J connectivity index is 1.96. The van der Waals surface area contributed by atoms with Gasteiger partial charge in [0.05, 0.1) is 6.10 Å². The molecule has 0 aliphatic carbocycles. The van der Waals surface area contributed by atoms with Gasteiger partial charge in [0, 0.05) is 24.3 Å². The Hall–Kier alpha value is -1.88. The molecule has 0 radical (unpaired) electrons. The number of nitrogens with zero attached hydrogens (tertiary/aromatic N) is 1. The number of carbonyl (C=O) groups is 2. The van der Waals surface area contributed by atoms with Crippen LogP contribution in [0.1, 0.15) is 30.6 Å². The van der Waals surface area contributed by atoms with Crippen LogP contribution in [0.4, 0.5) is 10.5 Å². The van der Waals surface area contributed by atoms with E-state index in [1.54, 1.807) is 29.2 Å². The molecule has 1 saturated heterocycles. The highest BCUT2D eigenvalue weighted by Gasteiger charge is 2.27. The molecule has 1 aromatic rings. The minimum absolute atomic E-state index is 0.00159. The first-order valence-corrected chi connectivity index (χ1v) is 6.82. The average Bonchev–Trinajstić information content (AvgIpc) is 2.42. The fraction of sp³-hybridized carbons (Fsp3) is 0.467. The Morgan fingerprint density at radius 1 is 1.30 bits per heavy atom. The van der Waals surface area contributed by atoms with E-state index in [4.69, 9.17) is 0 Å². The number of amides is 2. The fourth-order valence-corrected chi connectivity index (χ4v) is 2.31. The molecule has 1 aromatic carbocycles. The summed E-state index contributed by atoms with van der Waals surface area (Å²) in [7, 11) is 0. The number of nitrogens with one attached hydrogen (secondary N) is 1. The van der Waals surface area contributed by atoms with Gasteiger partial charge >= 0.3 is 6.03 Å². The van der Waals surface area contributed by atoms with Crippen molar-refractivity contribution in [3.05, 3.63) is 29.8 Å². The summed E-state index contributed by atoms with van der Waals surface area (Å²) >= 11 is 0. The van der Waals surface area contributed by atoms with Gasteiger partial charge < -0.3 is 15.3 Å². The molecule has 2 atom stereocenters. The Bertz CT molecular complexity index is 498. The maximum atomic E-state index is 12.1. The number of hydrogen-bond acceptors (Lipinski definition) is 3. The first-order valence-electron chi connectivity index (χ1n) is 6.82. The molecule has 1 fully saturated rings. The topological polar surface area (TPSA) is 69.6 Å². The van der Waals surface area contributed by atoms with Crippen LogP contribution in [0.5, 0.6) is 0 Å². The summed E-state index contributed by atoms with van der Waals surface area (Å²) in [6, 6.07) is 6.66. The van der Waals surface area contributed by atoms with Crippen molar-refractivity contribution in [2.75, 3.05) is 18.4 Å². The standard InChI is InChI=1S/C15H20N2O3/c1-10-9-17(8-7-14(10)19)15(20)16-13-5-3-12(4-6-13)11(2)18/h3-6,10,14,19H,7-9H2,1-2H3,(H,16,20). The van der Waals surface area contributed by atoms with Crippen molar-refractivity contribution in [1.29, 1.82) is 0 Å². The molecule has 1 aliphatic heterocycles. The molecule has 1 aliphatic rings. The summed E-state index contributed by atoms with van der Waals surface area (Å²) in [6.07, 6.45) is 0.284. The highest BCUT2D eigenvalue weighted by molar-refractivity contribution is 5.95. The van der Waals surface area contributed by atoms with Gasteiger partial charge in [-0.25, -0.2) is 4.79 Å². The predicted octanol–water partition coefficient (Wildman–Crippen LogP) is 2.12. The van der Waals surface area contributed by atoms with E-state index in [0.29, 0.717) is 30.8 Å². The lowest BCUT2D eigenvalue weighted by atomic mass is 9.97. The van der Waals surface area contributed by atoms with Crippen LogP contribution in [0, 0.1) is 5.92 Å². The molecule has 5 heteroatoms. The minimum atomic E-state index is -0.325. The van der Waals surface area contributed by atoms with Crippen LogP contribution in [0.15, 0.2) is 24.3 Å². The van der Waals surface area contributed by atoms with Crippen molar-refractivity contribution in [1.82, 2.24) is 4.90 Å². The van der Waals surface area contributed by atoms with E-state index in [-0.39, 0.29) is 23.8 Å². The molecule has 0 bridgehead atoms. The molecule has 0 aromatic heterocycles. The highest BCUT2D eigenvalue weighted by atomic mass is 16.3. The number of aliphatic hydroxyl groups is 1. The quantitative estimate of drug-likeness (QED) is 0.813. The SMILES string of the molecule is CC(=O)c1ccc(NC(=O)N2CCC(O)C(C)C2)cc1. The van der Waals surface area contributed by atoms with E-state index in [2.05, 4.69) is 5.32 Å². The summed E-state index contributed by atoms with van der Waals surface area (Å²) in [4.78, 5) is 25.0. The number of anilines is 1. The third-order valence-electron chi connectivity index (χ3n) is 3.69. The van der Waals surface area contributed by atoms with Crippen LogP contribution in [0.2, 0.25) is 0 Å². The molecule has 2 amide bonds. The molecular weight excluding hydrogens is 256 g/mol. The van der Waals surface area contributed by atoms with Gasteiger partial charge in [-0.3, -0.25) is 4.79 Å². The van der Waals surface area contributed by atoms with Crippen molar-refractivity contribution < 1.29 is 14.7 Å². The maximum Gasteiger partial charge on any atom is 0.321 e. The number of carbonyl (C=O) groups excluding carboxylic acids is 2. The van der Waals surface area contributed by atoms with Crippen LogP contribution in [-0.2, 0) is 0 Å². The zero-order valence-corrected chi connectivity index (χ0v) is 11.8. The fourth-order valence-electron chi connectivity index (χ4n) is 2.31. The zero-order chi connectivity index (χ0) is 14.7. The molecule has 108 valence electrons. The maximum absolute atomic E-state index is 12.1. The number of urea groups is 1. The Morgan fingerprint density at radius 3 is 2.50 bits per heavy atom. The summed E-state index contributed by atoms with van der Waals surface area (Å²) in [6.45, 7) is 4.56. The van der Waals surface area contributed by atoms with Crippen molar-refractivity contribution in [3.8, 4) is 0 Å². The highest BCUT2D eigenvalue weighted by Crippen LogP contribution is 2.18. The average molecular weight is 276 g/mol. The summed E-state index contributed by atoms with van der Waals surface area (Å²) in [5, 5.41) is 12.5. The Morgan fingerprint density at radius 2 is 1.95 bits per heavy atom. The number of likely N-dealkylation sites (tertiary alicyclic amines) is 1. The molecule has 0 saturated carbocycles. The van der Waals surface area contributed by atoms with Crippen molar-refractivity contribution in [3.63, 3.8) is 0 Å². The lowest BCUT2D eigenvalue weighted by Gasteiger charge is -2.34. The number of ketones is 1. The molecule has 20 heavy (non-hydrogen) atoms. The third kappa shape index (κ3) is 3.36. The van der Waals surface area contributed by atoms with Gasteiger partial charge in [0.2, 0.25) is 0 Å². The molecule has 0 spiro atoms. The molecule has 5 nitrogen and oxygen atoms in total. The second-order valence-electron chi connectivity index (χ2n) is 5.34. The van der Waals surface area contributed by atoms with Gasteiger partial charge in [0.1, 0.15) is 0 Å².